The van der Waals surface area contributed by atoms with Gasteiger partial charge in [0.25, 0.3) is 5.91 Å². The van der Waals surface area contributed by atoms with Crippen LogP contribution in [-0.4, -0.2) is 25.8 Å². The summed E-state index contributed by atoms with van der Waals surface area (Å²) in [5, 5.41) is 2.78. The highest BCUT2D eigenvalue weighted by atomic mass is 16.2. The van der Waals surface area contributed by atoms with Gasteiger partial charge in [0, 0.05) is 17.3 Å². The molecule has 0 radical (unpaired) electrons. The van der Waals surface area contributed by atoms with Crippen LogP contribution >= 0.6 is 0 Å². The molecule has 1 saturated carbocycles. The van der Waals surface area contributed by atoms with Gasteiger partial charge in [0.15, 0.2) is 0 Å². The number of anilines is 1. The molecular formula is C15H13N5O2. The molecule has 7 nitrogen and oxygen atoms in total. The number of amides is 1. The Labute approximate surface area is 124 Å². The summed E-state index contributed by atoms with van der Waals surface area (Å²) in [6.07, 6.45) is 3.67. The summed E-state index contributed by atoms with van der Waals surface area (Å²) in [6.45, 7) is 0. The van der Waals surface area contributed by atoms with Gasteiger partial charge in [0.2, 0.25) is 0 Å². The van der Waals surface area contributed by atoms with E-state index >= 15 is 0 Å². The fourth-order valence-corrected chi connectivity index (χ4v) is 2.40. The molecule has 1 aliphatic rings. The number of aromatic amines is 2. The van der Waals surface area contributed by atoms with E-state index < -0.39 is 0 Å². The first kappa shape index (κ1) is 12.8. The number of benzene rings is 1. The number of imidazole rings is 1. The van der Waals surface area contributed by atoms with Gasteiger partial charge in [0.05, 0.1) is 11.0 Å². The Hall–Kier alpha value is -2.96. The fourth-order valence-electron chi connectivity index (χ4n) is 2.40. The van der Waals surface area contributed by atoms with Crippen molar-refractivity contribution in [2.75, 3.05) is 5.32 Å². The molecule has 1 aliphatic carbocycles. The molecule has 0 bridgehead atoms. The minimum atomic E-state index is -0.290. The Morgan fingerprint density at radius 3 is 2.77 bits per heavy atom. The molecule has 2 aromatic heterocycles. The fraction of sp³-hybridized carbons (Fsp3) is 0.200. The number of aromatic nitrogens is 4. The molecule has 4 rings (SSSR count). The molecule has 7 heteroatoms. The number of hydrogen-bond donors (Lipinski definition) is 3. The van der Waals surface area contributed by atoms with Crippen molar-refractivity contribution in [3.8, 4) is 0 Å². The molecule has 0 atom stereocenters. The maximum absolute atomic E-state index is 12.3. The Morgan fingerprint density at radius 1 is 1.14 bits per heavy atom. The van der Waals surface area contributed by atoms with Crippen LogP contribution in [0.15, 0.2) is 35.4 Å². The summed E-state index contributed by atoms with van der Waals surface area (Å²) in [5.74, 6) is 0.178. The van der Waals surface area contributed by atoms with Gasteiger partial charge in [-0.2, -0.15) is 0 Å². The summed E-state index contributed by atoms with van der Waals surface area (Å²) in [6, 6.07) is 6.91. The Kier molecular flexibility index (Phi) is 2.78. The second-order valence-corrected chi connectivity index (χ2v) is 5.40. The van der Waals surface area contributed by atoms with E-state index in [1.165, 1.54) is 6.33 Å². The second kappa shape index (κ2) is 4.80. The summed E-state index contributed by atoms with van der Waals surface area (Å²) >= 11 is 0. The molecule has 2 heterocycles. The summed E-state index contributed by atoms with van der Waals surface area (Å²) in [4.78, 5) is 37.0. The number of carbonyl (C=O) groups excluding carboxylic acids is 1. The van der Waals surface area contributed by atoms with Crippen molar-refractivity contribution in [2.24, 2.45) is 0 Å². The monoisotopic (exact) mass is 295 g/mol. The lowest BCUT2D eigenvalue weighted by molar-refractivity contribution is 0.102. The number of H-pyrrole nitrogens is 2. The highest BCUT2D eigenvalue weighted by Gasteiger charge is 2.25. The smallest absolute Gasteiger partial charge is 0.321 e. The van der Waals surface area contributed by atoms with Crippen LogP contribution in [-0.2, 0) is 0 Å². The first-order valence-corrected chi connectivity index (χ1v) is 7.04. The minimum Gasteiger partial charge on any atom is -0.321 e. The first-order valence-electron chi connectivity index (χ1n) is 7.04. The summed E-state index contributed by atoms with van der Waals surface area (Å²) in [7, 11) is 0. The second-order valence-electron chi connectivity index (χ2n) is 5.40. The van der Waals surface area contributed by atoms with Gasteiger partial charge in [-0.05, 0) is 37.1 Å². The topological polar surface area (TPSA) is 104 Å². The quantitative estimate of drug-likeness (QED) is 0.685. The predicted octanol–water partition coefficient (Wildman–Crippen LogP) is 1.78. The van der Waals surface area contributed by atoms with Crippen molar-refractivity contribution in [2.45, 2.75) is 18.8 Å². The molecule has 1 aromatic carbocycles. The van der Waals surface area contributed by atoms with Crippen LogP contribution < -0.4 is 11.0 Å². The SMILES string of the molecule is O=C(Nc1ccc2[nH]c(=O)[nH]c2c1)c1cc(C2CC2)ncn1. The lowest BCUT2D eigenvalue weighted by Gasteiger charge is -2.05. The molecule has 0 spiro atoms. The van der Waals surface area contributed by atoms with Crippen molar-refractivity contribution >= 4 is 22.6 Å². The van der Waals surface area contributed by atoms with Crippen molar-refractivity contribution in [3.63, 3.8) is 0 Å². The van der Waals surface area contributed by atoms with E-state index in [9.17, 15) is 9.59 Å². The van der Waals surface area contributed by atoms with E-state index in [1.54, 1.807) is 24.3 Å². The minimum absolute atomic E-state index is 0.275. The standard InChI is InChI=1S/C15H13N5O2/c21-14(13-6-11(8-1-2-8)16-7-17-13)18-9-3-4-10-12(5-9)20-15(22)19-10/h3-8H,1-2H2,(H,18,21)(H2,19,20,22). The Balaban J connectivity index is 1.59. The highest BCUT2D eigenvalue weighted by molar-refractivity contribution is 6.03. The molecular weight excluding hydrogens is 282 g/mol. The van der Waals surface area contributed by atoms with Gasteiger partial charge in [-0.15, -0.1) is 0 Å². The van der Waals surface area contributed by atoms with Crippen molar-refractivity contribution < 1.29 is 4.79 Å². The number of hydrogen-bond acceptors (Lipinski definition) is 4. The largest absolute Gasteiger partial charge is 0.323 e. The van der Waals surface area contributed by atoms with E-state index in [4.69, 9.17) is 0 Å². The average Bonchev–Trinajstić information content (AvgIpc) is 3.29. The van der Waals surface area contributed by atoms with Crippen molar-refractivity contribution in [1.29, 1.82) is 0 Å². The van der Waals surface area contributed by atoms with E-state index in [0.717, 1.165) is 18.5 Å². The molecule has 0 aliphatic heterocycles. The van der Waals surface area contributed by atoms with Crippen LogP contribution in [0.1, 0.15) is 34.9 Å². The zero-order valence-corrected chi connectivity index (χ0v) is 11.6. The van der Waals surface area contributed by atoms with Gasteiger partial charge in [0.1, 0.15) is 12.0 Å². The predicted molar refractivity (Wildman–Crippen MR) is 80.9 cm³/mol. The average molecular weight is 295 g/mol. The van der Waals surface area contributed by atoms with Crippen LogP contribution in [0.4, 0.5) is 5.69 Å². The van der Waals surface area contributed by atoms with Gasteiger partial charge in [-0.1, -0.05) is 0 Å². The normalized spacial score (nSPS) is 14.2. The lowest BCUT2D eigenvalue weighted by atomic mass is 10.2. The number of fused-ring (bicyclic) bond motifs is 1. The molecule has 110 valence electrons. The summed E-state index contributed by atoms with van der Waals surface area (Å²) < 4.78 is 0. The molecule has 0 unspecified atom stereocenters. The molecule has 0 saturated heterocycles. The third-order valence-corrected chi connectivity index (χ3v) is 3.69. The van der Waals surface area contributed by atoms with Crippen molar-refractivity contribution in [1.82, 2.24) is 19.9 Å². The molecule has 22 heavy (non-hydrogen) atoms. The number of carbonyl (C=O) groups is 1. The number of nitrogens with one attached hydrogen (secondary N) is 3. The van der Waals surface area contributed by atoms with Crippen LogP contribution in [0.2, 0.25) is 0 Å². The number of nitrogens with zero attached hydrogens (tertiary/aromatic N) is 2. The highest BCUT2D eigenvalue weighted by Crippen LogP contribution is 2.38. The maximum Gasteiger partial charge on any atom is 0.323 e. The van der Waals surface area contributed by atoms with E-state index in [-0.39, 0.29) is 11.6 Å². The first-order chi connectivity index (χ1) is 10.7. The molecule has 1 amide bonds. The summed E-state index contributed by atoms with van der Waals surface area (Å²) in [5.41, 5.74) is 2.93. The van der Waals surface area contributed by atoms with E-state index in [1.807, 2.05) is 0 Å². The van der Waals surface area contributed by atoms with Gasteiger partial charge < -0.3 is 15.3 Å². The van der Waals surface area contributed by atoms with Crippen LogP contribution in [0, 0.1) is 0 Å². The third kappa shape index (κ3) is 2.37. The maximum atomic E-state index is 12.3. The third-order valence-electron chi connectivity index (χ3n) is 3.69. The lowest BCUT2D eigenvalue weighted by Crippen LogP contribution is -2.14. The molecule has 1 fully saturated rings. The van der Waals surface area contributed by atoms with Crippen LogP contribution in [0.3, 0.4) is 0 Å². The van der Waals surface area contributed by atoms with E-state index in [2.05, 4.69) is 25.3 Å². The van der Waals surface area contributed by atoms with Gasteiger partial charge in [-0.3, -0.25) is 4.79 Å². The molecule has 3 N–H and O–H groups in total. The zero-order chi connectivity index (χ0) is 15.1. The van der Waals surface area contributed by atoms with Gasteiger partial charge >= 0.3 is 5.69 Å². The van der Waals surface area contributed by atoms with Crippen LogP contribution in [0.5, 0.6) is 0 Å². The van der Waals surface area contributed by atoms with E-state index in [0.29, 0.717) is 28.3 Å². The van der Waals surface area contributed by atoms with Crippen LogP contribution in [0.25, 0.3) is 11.0 Å². The Bertz CT molecular complexity index is 923. The molecule has 3 aromatic rings. The van der Waals surface area contributed by atoms with Crippen molar-refractivity contribution in [3.05, 3.63) is 52.5 Å². The number of rotatable bonds is 3. The Morgan fingerprint density at radius 2 is 1.95 bits per heavy atom. The van der Waals surface area contributed by atoms with Gasteiger partial charge in [-0.25, -0.2) is 14.8 Å². The zero-order valence-electron chi connectivity index (χ0n) is 11.6.